The molecule has 142 valence electrons. The van der Waals surface area contributed by atoms with Crippen LogP contribution in [0, 0.1) is 5.92 Å². The normalized spacial score (nSPS) is 24.6. The highest BCUT2D eigenvalue weighted by Gasteiger charge is 2.47. The highest BCUT2D eigenvalue weighted by molar-refractivity contribution is 6.31. The van der Waals surface area contributed by atoms with E-state index in [1.807, 2.05) is 24.3 Å². The summed E-state index contributed by atoms with van der Waals surface area (Å²) in [5.74, 6) is -0.856. The number of benzene rings is 1. The van der Waals surface area contributed by atoms with Gasteiger partial charge in [0, 0.05) is 17.3 Å². The predicted octanol–water partition coefficient (Wildman–Crippen LogP) is 3.44. The van der Waals surface area contributed by atoms with Crippen molar-refractivity contribution in [2.45, 2.75) is 50.7 Å². The maximum atomic E-state index is 13.1. The fourth-order valence-corrected chi connectivity index (χ4v) is 4.68. The largest absolute Gasteiger partial charge is 0.480 e. The van der Waals surface area contributed by atoms with E-state index in [-0.39, 0.29) is 11.9 Å². The molecule has 0 bridgehead atoms. The average Bonchev–Trinajstić information content (AvgIpc) is 3.28. The number of amides is 1. The number of halogens is 1. The SMILES string of the molecule is O=C(O)C1CC2CCCCC2N1C(=O)c1cnn(Cc2ccccc2Cl)c1. The van der Waals surface area contributed by atoms with Gasteiger partial charge in [-0.2, -0.15) is 5.10 Å². The smallest absolute Gasteiger partial charge is 0.326 e. The molecule has 3 unspecified atom stereocenters. The van der Waals surface area contributed by atoms with Gasteiger partial charge < -0.3 is 10.0 Å². The molecule has 0 spiro atoms. The Morgan fingerprint density at radius 3 is 2.78 bits per heavy atom. The first-order chi connectivity index (χ1) is 13.0. The number of hydrogen-bond acceptors (Lipinski definition) is 3. The Balaban J connectivity index is 1.56. The van der Waals surface area contributed by atoms with E-state index in [1.54, 1.807) is 15.8 Å². The van der Waals surface area contributed by atoms with Crippen LogP contribution in [0.3, 0.4) is 0 Å². The molecule has 0 radical (unpaired) electrons. The number of carbonyl (C=O) groups excluding carboxylic acids is 1. The van der Waals surface area contributed by atoms with Crippen LogP contribution in [-0.2, 0) is 11.3 Å². The molecule has 1 amide bonds. The van der Waals surface area contributed by atoms with Crippen LogP contribution in [0.1, 0.15) is 48.0 Å². The standard InChI is InChI=1S/C20H22ClN3O3/c21-16-7-3-1-6-14(16)11-23-12-15(10-22-23)19(25)24-17-8-4-2-5-13(17)9-18(24)20(26)27/h1,3,6-7,10,12-13,17-18H,2,4-5,8-9,11H2,(H,26,27). The summed E-state index contributed by atoms with van der Waals surface area (Å²) in [5.41, 5.74) is 1.35. The molecule has 7 heteroatoms. The van der Waals surface area contributed by atoms with Gasteiger partial charge in [0.2, 0.25) is 0 Å². The van der Waals surface area contributed by atoms with Crippen LogP contribution in [0.4, 0.5) is 0 Å². The third-order valence-electron chi connectivity index (χ3n) is 5.78. The Morgan fingerprint density at radius 1 is 1.22 bits per heavy atom. The van der Waals surface area contributed by atoms with Gasteiger partial charge >= 0.3 is 5.97 Å². The lowest BCUT2D eigenvalue weighted by Gasteiger charge is -2.32. The first kappa shape index (κ1) is 18.0. The number of aromatic nitrogens is 2. The minimum absolute atomic E-state index is 0.0271. The monoisotopic (exact) mass is 387 g/mol. The Hall–Kier alpha value is -2.34. The van der Waals surface area contributed by atoms with E-state index in [4.69, 9.17) is 11.6 Å². The highest BCUT2D eigenvalue weighted by Crippen LogP contribution is 2.40. The molecular weight excluding hydrogens is 366 g/mol. The Labute approximate surface area is 162 Å². The van der Waals surface area contributed by atoms with Gasteiger partial charge in [-0.3, -0.25) is 9.48 Å². The molecule has 4 rings (SSSR count). The fourth-order valence-electron chi connectivity index (χ4n) is 4.48. The molecule has 1 N–H and O–H groups in total. The Kier molecular flexibility index (Phi) is 4.91. The van der Waals surface area contributed by atoms with Gasteiger partial charge in [0.1, 0.15) is 6.04 Å². The molecule has 2 aromatic rings. The number of fused-ring (bicyclic) bond motifs is 1. The predicted molar refractivity (Wildman–Crippen MR) is 101 cm³/mol. The van der Waals surface area contributed by atoms with E-state index in [0.717, 1.165) is 31.2 Å². The van der Waals surface area contributed by atoms with Gasteiger partial charge in [0.25, 0.3) is 5.91 Å². The quantitative estimate of drug-likeness (QED) is 0.871. The molecule has 6 nitrogen and oxygen atoms in total. The molecule has 1 aromatic carbocycles. The summed E-state index contributed by atoms with van der Waals surface area (Å²) in [6, 6.07) is 6.79. The van der Waals surface area contributed by atoms with Gasteiger partial charge in [-0.25, -0.2) is 4.79 Å². The third-order valence-corrected chi connectivity index (χ3v) is 6.15. The molecule has 3 atom stereocenters. The lowest BCUT2D eigenvalue weighted by molar-refractivity contribution is -0.141. The van der Waals surface area contributed by atoms with Gasteiger partial charge in [0.05, 0.1) is 18.3 Å². The maximum absolute atomic E-state index is 13.1. The summed E-state index contributed by atoms with van der Waals surface area (Å²) in [5, 5.41) is 14.6. The maximum Gasteiger partial charge on any atom is 0.326 e. The van der Waals surface area contributed by atoms with Crippen molar-refractivity contribution in [2.24, 2.45) is 5.92 Å². The van der Waals surface area contributed by atoms with Crippen molar-refractivity contribution in [3.63, 3.8) is 0 Å². The van der Waals surface area contributed by atoms with Gasteiger partial charge in [-0.15, -0.1) is 0 Å². The molecule has 2 aliphatic rings. The lowest BCUT2D eigenvalue weighted by atomic mass is 9.84. The van der Waals surface area contributed by atoms with Crippen LogP contribution < -0.4 is 0 Å². The lowest BCUT2D eigenvalue weighted by Crippen LogP contribution is -2.46. The number of hydrogen-bond donors (Lipinski definition) is 1. The first-order valence-electron chi connectivity index (χ1n) is 9.36. The highest BCUT2D eigenvalue weighted by atomic mass is 35.5. The van der Waals surface area contributed by atoms with Gasteiger partial charge in [-0.05, 0) is 36.8 Å². The molecular formula is C20H22ClN3O3. The second-order valence-electron chi connectivity index (χ2n) is 7.43. The van der Waals surface area contributed by atoms with Crippen molar-refractivity contribution >= 4 is 23.5 Å². The van der Waals surface area contributed by atoms with E-state index in [0.29, 0.717) is 29.5 Å². The second kappa shape index (κ2) is 7.35. The number of likely N-dealkylation sites (tertiary alicyclic amines) is 1. The molecule has 1 saturated carbocycles. The van der Waals surface area contributed by atoms with E-state index in [2.05, 4.69) is 5.10 Å². The van der Waals surface area contributed by atoms with Crippen molar-refractivity contribution in [1.29, 1.82) is 0 Å². The molecule has 2 heterocycles. The molecule has 1 aromatic heterocycles. The van der Waals surface area contributed by atoms with Crippen LogP contribution in [0.15, 0.2) is 36.7 Å². The minimum Gasteiger partial charge on any atom is -0.480 e. The first-order valence-corrected chi connectivity index (χ1v) is 9.73. The van der Waals surface area contributed by atoms with Crippen molar-refractivity contribution < 1.29 is 14.7 Å². The minimum atomic E-state index is -0.916. The average molecular weight is 388 g/mol. The summed E-state index contributed by atoms with van der Waals surface area (Å²) in [4.78, 5) is 26.5. The van der Waals surface area contributed by atoms with Crippen LogP contribution >= 0.6 is 11.6 Å². The summed E-state index contributed by atoms with van der Waals surface area (Å²) < 4.78 is 1.67. The van der Waals surface area contributed by atoms with E-state index >= 15 is 0 Å². The number of carbonyl (C=O) groups is 2. The number of nitrogens with zero attached hydrogens (tertiary/aromatic N) is 3. The van der Waals surface area contributed by atoms with Crippen LogP contribution in [-0.4, -0.2) is 43.7 Å². The summed E-state index contributed by atoms with van der Waals surface area (Å²) >= 11 is 6.20. The van der Waals surface area contributed by atoms with E-state index in [1.165, 1.54) is 6.20 Å². The van der Waals surface area contributed by atoms with Crippen molar-refractivity contribution in [3.8, 4) is 0 Å². The van der Waals surface area contributed by atoms with Crippen LogP contribution in [0.5, 0.6) is 0 Å². The summed E-state index contributed by atoms with van der Waals surface area (Å²) in [6.45, 7) is 0.460. The van der Waals surface area contributed by atoms with Crippen molar-refractivity contribution in [3.05, 3.63) is 52.8 Å². The van der Waals surface area contributed by atoms with Gasteiger partial charge in [0.15, 0.2) is 0 Å². The zero-order valence-corrected chi connectivity index (χ0v) is 15.7. The number of rotatable bonds is 4. The van der Waals surface area contributed by atoms with Crippen molar-refractivity contribution in [1.82, 2.24) is 14.7 Å². The fraction of sp³-hybridized carbons (Fsp3) is 0.450. The summed E-state index contributed by atoms with van der Waals surface area (Å²) in [7, 11) is 0. The third kappa shape index (κ3) is 3.46. The van der Waals surface area contributed by atoms with Crippen molar-refractivity contribution in [2.75, 3.05) is 0 Å². The van der Waals surface area contributed by atoms with Gasteiger partial charge in [-0.1, -0.05) is 42.6 Å². The molecule has 1 saturated heterocycles. The van der Waals surface area contributed by atoms with E-state index in [9.17, 15) is 14.7 Å². The molecule has 1 aliphatic carbocycles. The number of carboxylic acids is 1. The molecule has 1 aliphatic heterocycles. The molecule has 27 heavy (non-hydrogen) atoms. The zero-order valence-electron chi connectivity index (χ0n) is 14.9. The topological polar surface area (TPSA) is 75.4 Å². The Bertz CT molecular complexity index is 866. The Morgan fingerprint density at radius 2 is 2.00 bits per heavy atom. The molecule has 2 fully saturated rings. The second-order valence-corrected chi connectivity index (χ2v) is 7.84. The van der Waals surface area contributed by atoms with Crippen LogP contribution in [0.2, 0.25) is 5.02 Å². The number of carboxylic acid groups (broad SMARTS) is 1. The summed E-state index contributed by atoms with van der Waals surface area (Å²) in [6.07, 6.45) is 7.81. The zero-order chi connectivity index (χ0) is 19.0. The van der Waals surface area contributed by atoms with E-state index < -0.39 is 12.0 Å². The van der Waals surface area contributed by atoms with Crippen LogP contribution in [0.25, 0.3) is 0 Å². The number of aliphatic carboxylic acids is 1.